The van der Waals surface area contributed by atoms with Gasteiger partial charge < -0.3 is 34.5 Å². The molecule has 1 fully saturated rings. The smallest absolute Gasteiger partial charge is 0.356 e. The molecule has 2 rings (SSSR count). The summed E-state index contributed by atoms with van der Waals surface area (Å²) in [5.74, 6) is 0.748. The second-order valence-corrected chi connectivity index (χ2v) is 9.59. The van der Waals surface area contributed by atoms with Crippen LogP contribution in [0, 0.1) is 19.3 Å². The van der Waals surface area contributed by atoms with Crippen molar-refractivity contribution in [3.63, 3.8) is 0 Å². The van der Waals surface area contributed by atoms with Crippen LogP contribution in [-0.2, 0) is 13.8 Å². The molecule has 1 aliphatic heterocycles. The second kappa shape index (κ2) is 9.28. The molecule has 4 unspecified atom stereocenters. The van der Waals surface area contributed by atoms with Crippen LogP contribution < -0.4 is 5.56 Å². The maximum Gasteiger partial charge on any atom is 0.356 e. The van der Waals surface area contributed by atoms with Gasteiger partial charge in [-0.3, -0.25) is 9.36 Å². The van der Waals surface area contributed by atoms with Gasteiger partial charge >= 0.3 is 7.60 Å². The van der Waals surface area contributed by atoms with E-state index in [1.54, 1.807) is 20.8 Å². The van der Waals surface area contributed by atoms with E-state index in [1.807, 2.05) is 0 Å². The molecule has 1 saturated heterocycles. The number of aliphatic hydroxyl groups excluding tert-OH is 3. The van der Waals surface area contributed by atoms with Crippen molar-refractivity contribution in [2.45, 2.75) is 82.8 Å². The predicted molar refractivity (Wildman–Crippen MR) is 108 cm³/mol. The summed E-state index contributed by atoms with van der Waals surface area (Å²) < 4.78 is 23.5. The van der Waals surface area contributed by atoms with Crippen LogP contribution >= 0.6 is 7.60 Å². The van der Waals surface area contributed by atoms with Crippen LogP contribution in [0.5, 0.6) is 0 Å². The minimum atomic E-state index is -4.33. The second-order valence-electron chi connectivity index (χ2n) is 7.68. The third kappa shape index (κ3) is 5.01. The average molecular weight is 444 g/mol. The van der Waals surface area contributed by atoms with E-state index in [4.69, 9.17) is 15.7 Å². The molecular formula is C19H29N2O8P. The van der Waals surface area contributed by atoms with Crippen LogP contribution in [0.2, 0.25) is 0 Å². The SMILES string of the molecule is C#Cc1[nH]c(=O)c(C)nc1[C@@H]1O[C@H](CC(C)(CC)OP(=O)(O)C(O)CC)C(O)[C@@H]1O. The minimum absolute atomic E-state index is 0.0305. The zero-order valence-corrected chi connectivity index (χ0v) is 18.3. The van der Waals surface area contributed by atoms with Gasteiger partial charge in [0.2, 0.25) is 0 Å². The first-order valence-corrected chi connectivity index (χ1v) is 11.3. The third-order valence-electron chi connectivity index (χ3n) is 5.36. The number of nitrogens with one attached hydrogen (secondary N) is 1. The molecule has 0 aliphatic carbocycles. The molecule has 11 heteroatoms. The number of ether oxygens (including phenoxy) is 1. The fourth-order valence-corrected chi connectivity index (χ4v) is 4.71. The Hall–Kier alpha value is -1.57. The van der Waals surface area contributed by atoms with E-state index in [0.717, 1.165) is 0 Å². The van der Waals surface area contributed by atoms with Crippen LogP contribution in [0.3, 0.4) is 0 Å². The molecule has 1 aromatic heterocycles. The molecule has 0 saturated carbocycles. The van der Waals surface area contributed by atoms with Gasteiger partial charge in [-0.25, -0.2) is 4.98 Å². The molecule has 5 N–H and O–H groups in total. The van der Waals surface area contributed by atoms with Gasteiger partial charge in [0.15, 0.2) is 5.85 Å². The Morgan fingerprint density at radius 3 is 2.57 bits per heavy atom. The van der Waals surface area contributed by atoms with Crippen LogP contribution in [0.1, 0.15) is 63.2 Å². The molecule has 30 heavy (non-hydrogen) atoms. The van der Waals surface area contributed by atoms with Crippen LogP contribution in [-0.4, -0.2) is 59.9 Å². The molecular weight excluding hydrogens is 415 g/mol. The topological polar surface area (TPSA) is 162 Å². The van der Waals surface area contributed by atoms with E-state index < -0.39 is 49.0 Å². The van der Waals surface area contributed by atoms with Crippen molar-refractivity contribution < 1.29 is 34.0 Å². The molecule has 0 bridgehead atoms. The molecule has 10 nitrogen and oxygen atoms in total. The number of hydrogen-bond acceptors (Lipinski definition) is 8. The highest BCUT2D eigenvalue weighted by atomic mass is 31.2. The Kier molecular flexibility index (Phi) is 7.64. The number of hydrogen-bond donors (Lipinski definition) is 5. The number of nitrogens with zero attached hydrogens (tertiary/aromatic N) is 1. The standard InChI is InChI=1S/C19H29N2O8P/c1-6-11-14(20-10(4)18(25)21-11)17-16(24)15(23)12(28-17)9-19(5,8-3)29-30(26,27)13(22)7-2/h1,12-13,15-17,22-24H,7-9H2,2-5H3,(H,21,25)(H,26,27)/t12-,13?,15?,16+,17+,19?/m1/s1. The van der Waals surface area contributed by atoms with E-state index in [9.17, 15) is 29.6 Å². The van der Waals surface area contributed by atoms with E-state index in [-0.39, 0.29) is 36.3 Å². The Morgan fingerprint density at radius 1 is 1.40 bits per heavy atom. The lowest BCUT2D eigenvalue weighted by Crippen LogP contribution is -2.39. The van der Waals surface area contributed by atoms with Crippen molar-refractivity contribution in [1.82, 2.24) is 9.97 Å². The maximum absolute atomic E-state index is 12.3. The van der Waals surface area contributed by atoms with Crippen molar-refractivity contribution in [1.29, 1.82) is 0 Å². The molecule has 2 heterocycles. The van der Waals surface area contributed by atoms with Gasteiger partial charge in [-0.05, 0) is 26.7 Å². The number of rotatable bonds is 8. The Bertz CT molecular complexity index is 913. The van der Waals surface area contributed by atoms with Crippen LogP contribution in [0.15, 0.2) is 4.79 Å². The van der Waals surface area contributed by atoms with E-state index in [1.165, 1.54) is 6.92 Å². The monoisotopic (exact) mass is 444 g/mol. The van der Waals surface area contributed by atoms with Gasteiger partial charge in [0.1, 0.15) is 35.4 Å². The summed E-state index contributed by atoms with van der Waals surface area (Å²) in [6.45, 7) is 6.30. The minimum Gasteiger partial charge on any atom is -0.388 e. The van der Waals surface area contributed by atoms with E-state index >= 15 is 0 Å². The fraction of sp³-hybridized carbons (Fsp3) is 0.684. The summed E-state index contributed by atoms with van der Waals surface area (Å²) in [6.07, 6.45) is 0.820. The van der Waals surface area contributed by atoms with Crippen molar-refractivity contribution in [3.8, 4) is 12.3 Å². The molecule has 0 aromatic carbocycles. The summed E-state index contributed by atoms with van der Waals surface area (Å²) in [5.41, 5.74) is -1.45. The lowest BCUT2D eigenvalue weighted by atomic mass is 9.92. The number of aryl methyl sites for hydroxylation is 1. The summed E-state index contributed by atoms with van der Waals surface area (Å²) in [6, 6.07) is 0. The number of terminal acetylenes is 1. The van der Waals surface area contributed by atoms with Crippen molar-refractivity contribution in [3.05, 3.63) is 27.4 Å². The first kappa shape index (κ1) is 24.7. The van der Waals surface area contributed by atoms with Crippen LogP contribution in [0.4, 0.5) is 0 Å². The zero-order chi connectivity index (χ0) is 22.9. The quantitative estimate of drug-likeness (QED) is 0.287. The predicted octanol–water partition coefficient (Wildman–Crippen LogP) is 0.711. The Balaban J connectivity index is 2.29. The van der Waals surface area contributed by atoms with Gasteiger partial charge in [-0.2, -0.15) is 0 Å². The Labute approximate surface area is 174 Å². The third-order valence-corrected chi connectivity index (χ3v) is 7.18. The molecule has 7 atom stereocenters. The highest BCUT2D eigenvalue weighted by Crippen LogP contribution is 2.53. The number of aromatic nitrogens is 2. The molecule has 168 valence electrons. The molecule has 0 spiro atoms. The fourth-order valence-electron chi connectivity index (χ4n) is 3.29. The summed E-state index contributed by atoms with van der Waals surface area (Å²) >= 11 is 0. The molecule has 1 aliphatic rings. The summed E-state index contributed by atoms with van der Waals surface area (Å²) in [7, 11) is -4.33. The van der Waals surface area contributed by atoms with Crippen LogP contribution in [0.25, 0.3) is 0 Å². The lowest BCUT2D eigenvalue weighted by molar-refractivity contribution is -0.0502. The number of aliphatic hydroxyl groups is 3. The van der Waals surface area contributed by atoms with Crippen molar-refractivity contribution in [2.75, 3.05) is 0 Å². The van der Waals surface area contributed by atoms with E-state index in [2.05, 4.69) is 15.9 Å². The largest absolute Gasteiger partial charge is 0.388 e. The molecule has 0 amide bonds. The number of aromatic amines is 1. The van der Waals surface area contributed by atoms with Gasteiger partial charge in [-0.15, -0.1) is 6.42 Å². The first-order valence-electron chi connectivity index (χ1n) is 9.69. The lowest BCUT2D eigenvalue weighted by Gasteiger charge is -2.34. The van der Waals surface area contributed by atoms with Gasteiger partial charge in [0, 0.05) is 6.42 Å². The average Bonchev–Trinajstić information content (AvgIpc) is 2.96. The van der Waals surface area contributed by atoms with Crippen molar-refractivity contribution >= 4 is 7.60 Å². The van der Waals surface area contributed by atoms with Crippen molar-refractivity contribution in [2.24, 2.45) is 0 Å². The van der Waals surface area contributed by atoms with Gasteiger partial charge in [0.25, 0.3) is 5.56 Å². The first-order chi connectivity index (χ1) is 13.9. The highest BCUT2D eigenvalue weighted by molar-refractivity contribution is 7.53. The zero-order valence-electron chi connectivity index (χ0n) is 17.4. The molecule has 1 aromatic rings. The number of H-pyrrole nitrogens is 1. The van der Waals surface area contributed by atoms with E-state index in [0.29, 0.717) is 0 Å². The maximum atomic E-state index is 12.3. The Morgan fingerprint density at radius 2 is 2.03 bits per heavy atom. The molecule has 0 radical (unpaired) electrons. The van der Waals surface area contributed by atoms with Gasteiger partial charge in [0.05, 0.1) is 11.7 Å². The summed E-state index contributed by atoms with van der Waals surface area (Å²) in [4.78, 5) is 28.4. The normalized spacial score (nSPS) is 29.0. The highest BCUT2D eigenvalue weighted by Gasteiger charge is 2.49. The van der Waals surface area contributed by atoms with Gasteiger partial charge in [-0.1, -0.05) is 19.8 Å². The summed E-state index contributed by atoms with van der Waals surface area (Å²) in [5, 5.41) is 30.8.